The second-order valence-corrected chi connectivity index (χ2v) is 5.76. The molecule has 0 unspecified atom stereocenters. The molecule has 0 spiro atoms. The Hall–Kier alpha value is -3.14. The van der Waals surface area contributed by atoms with Crippen LogP contribution in [0.3, 0.4) is 0 Å². The number of hydrogen-bond acceptors (Lipinski definition) is 4. The van der Waals surface area contributed by atoms with Crippen LogP contribution < -0.4 is 0 Å². The minimum absolute atomic E-state index is 0.00478. The van der Waals surface area contributed by atoms with Crippen molar-refractivity contribution in [2.75, 3.05) is 0 Å². The Morgan fingerprint density at radius 1 is 0.920 bits per heavy atom. The molecule has 0 saturated heterocycles. The second kappa shape index (κ2) is 7.18. The highest BCUT2D eigenvalue weighted by molar-refractivity contribution is 5.94. The molecule has 126 valence electrons. The third-order valence-electron chi connectivity index (χ3n) is 3.94. The largest absolute Gasteiger partial charge is 0.452 e. The van der Waals surface area contributed by atoms with Crippen LogP contribution in [-0.4, -0.2) is 11.8 Å². The van der Waals surface area contributed by atoms with Crippen LogP contribution in [0.4, 0.5) is 0 Å². The Kier molecular flexibility index (Phi) is 4.80. The summed E-state index contributed by atoms with van der Waals surface area (Å²) in [6, 6.07) is 19.9. The predicted octanol–water partition coefficient (Wildman–Crippen LogP) is 5.07. The van der Waals surface area contributed by atoms with E-state index in [-0.39, 0.29) is 17.6 Å². The maximum atomic E-state index is 12.3. The molecule has 4 nitrogen and oxygen atoms in total. The van der Waals surface area contributed by atoms with Gasteiger partial charge in [-0.3, -0.25) is 4.79 Å². The topological polar surface area (TPSA) is 56.5 Å². The molecule has 0 N–H and O–H groups in total. The van der Waals surface area contributed by atoms with Crippen molar-refractivity contribution in [3.63, 3.8) is 0 Å². The third-order valence-corrected chi connectivity index (χ3v) is 3.94. The number of esters is 1. The third kappa shape index (κ3) is 3.86. The van der Waals surface area contributed by atoms with Gasteiger partial charge < -0.3 is 9.15 Å². The van der Waals surface area contributed by atoms with E-state index >= 15 is 0 Å². The Morgan fingerprint density at radius 3 is 2.24 bits per heavy atom. The summed E-state index contributed by atoms with van der Waals surface area (Å²) in [5.41, 5.74) is 2.34. The molecule has 25 heavy (non-hydrogen) atoms. The van der Waals surface area contributed by atoms with Crippen molar-refractivity contribution in [1.82, 2.24) is 0 Å². The van der Waals surface area contributed by atoms with Crippen molar-refractivity contribution in [1.29, 1.82) is 0 Å². The Morgan fingerprint density at radius 2 is 1.60 bits per heavy atom. The molecule has 0 fully saturated rings. The quantitative estimate of drug-likeness (QED) is 0.483. The predicted molar refractivity (Wildman–Crippen MR) is 94.4 cm³/mol. The van der Waals surface area contributed by atoms with E-state index < -0.39 is 5.97 Å². The van der Waals surface area contributed by atoms with Crippen molar-refractivity contribution in [2.45, 2.75) is 20.0 Å². The first kappa shape index (κ1) is 16.7. The molecule has 0 aliphatic heterocycles. The van der Waals surface area contributed by atoms with Gasteiger partial charge in [0.05, 0.1) is 0 Å². The molecule has 0 saturated carbocycles. The lowest BCUT2D eigenvalue weighted by Gasteiger charge is -2.12. The molecule has 2 aromatic carbocycles. The second-order valence-electron chi connectivity index (χ2n) is 5.76. The fraction of sp³-hybridized carbons (Fsp3) is 0.143. The standard InChI is InChI=1S/C21H18O4/c1-14(22)16-8-10-18(11-9-16)19-12-13-20(25-19)21(23)24-15(2)17-6-4-3-5-7-17/h3-13,15H,1-2H3/t15-/m0/s1. The van der Waals surface area contributed by atoms with Gasteiger partial charge in [-0.15, -0.1) is 0 Å². The molecule has 1 heterocycles. The zero-order valence-electron chi connectivity index (χ0n) is 14.1. The number of furan rings is 1. The molecular formula is C21H18O4. The lowest BCUT2D eigenvalue weighted by Crippen LogP contribution is -2.08. The first-order valence-electron chi connectivity index (χ1n) is 8.02. The maximum absolute atomic E-state index is 12.3. The number of carbonyl (C=O) groups is 2. The van der Waals surface area contributed by atoms with E-state index in [4.69, 9.17) is 9.15 Å². The number of carbonyl (C=O) groups excluding carboxylic acids is 2. The van der Waals surface area contributed by atoms with Crippen LogP contribution in [-0.2, 0) is 4.74 Å². The van der Waals surface area contributed by atoms with Crippen LogP contribution in [0.15, 0.2) is 71.1 Å². The summed E-state index contributed by atoms with van der Waals surface area (Å²) < 4.78 is 11.1. The molecule has 0 aliphatic carbocycles. The molecule has 3 rings (SSSR count). The monoisotopic (exact) mass is 334 g/mol. The van der Waals surface area contributed by atoms with E-state index in [0.717, 1.165) is 11.1 Å². The summed E-state index contributed by atoms with van der Waals surface area (Å²) in [5, 5.41) is 0. The van der Waals surface area contributed by atoms with Crippen LogP contribution in [0.2, 0.25) is 0 Å². The van der Waals surface area contributed by atoms with E-state index in [9.17, 15) is 9.59 Å². The Labute approximate surface area is 146 Å². The summed E-state index contributed by atoms with van der Waals surface area (Å²) in [7, 11) is 0. The van der Waals surface area contributed by atoms with Crippen molar-refractivity contribution in [3.8, 4) is 11.3 Å². The highest BCUT2D eigenvalue weighted by Gasteiger charge is 2.17. The maximum Gasteiger partial charge on any atom is 0.374 e. The number of rotatable bonds is 5. The lowest BCUT2D eigenvalue weighted by molar-refractivity contribution is 0.0302. The summed E-state index contributed by atoms with van der Waals surface area (Å²) in [6.45, 7) is 3.33. The minimum atomic E-state index is -0.511. The van der Waals surface area contributed by atoms with Crippen molar-refractivity contribution in [2.24, 2.45) is 0 Å². The summed E-state index contributed by atoms with van der Waals surface area (Å²) >= 11 is 0. The van der Waals surface area contributed by atoms with Gasteiger partial charge in [0, 0.05) is 11.1 Å². The molecular weight excluding hydrogens is 316 g/mol. The molecule has 1 atom stereocenters. The average molecular weight is 334 g/mol. The van der Waals surface area contributed by atoms with E-state index in [1.807, 2.05) is 37.3 Å². The van der Waals surface area contributed by atoms with E-state index in [1.54, 1.807) is 36.4 Å². The highest BCUT2D eigenvalue weighted by atomic mass is 16.6. The molecule has 3 aromatic rings. The van der Waals surface area contributed by atoms with Crippen molar-refractivity contribution in [3.05, 3.63) is 83.6 Å². The van der Waals surface area contributed by atoms with Gasteiger partial charge in [-0.2, -0.15) is 0 Å². The lowest BCUT2D eigenvalue weighted by atomic mass is 10.1. The van der Waals surface area contributed by atoms with Crippen molar-refractivity contribution >= 4 is 11.8 Å². The van der Waals surface area contributed by atoms with Gasteiger partial charge >= 0.3 is 5.97 Å². The van der Waals surface area contributed by atoms with Gasteiger partial charge in [0.2, 0.25) is 5.76 Å². The fourth-order valence-corrected chi connectivity index (χ4v) is 2.48. The van der Waals surface area contributed by atoms with Crippen LogP contribution >= 0.6 is 0 Å². The Bertz CT molecular complexity index is 876. The Balaban J connectivity index is 1.72. The van der Waals surface area contributed by atoms with Crippen LogP contribution in [0.25, 0.3) is 11.3 Å². The fourth-order valence-electron chi connectivity index (χ4n) is 2.48. The molecule has 0 bridgehead atoms. The number of ether oxygens (including phenoxy) is 1. The van der Waals surface area contributed by atoms with Gasteiger partial charge in [0.25, 0.3) is 0 Å². The smallest absolute Gasteiger partial charge is 0.374 e. The average Bonchev–Trinajstić information content (AvgIpc) is 3.13. The van der Waals surface area contributed by atoms with Crippen LogP contribution in [0.1, 0.15) is 46.4 Å². The normalized spacial score (nSPS) is 11.8. The van der Waals surface area contributed by atoms with Crippen molar-refractivity contribution < 1.29 is 18.7 Å². The molecule has 0 amide bonds. The van der Waals surface area contributed by atoms with E-state index in [1.165, 1.54) is 6.92 Å². The summed E-state index contributed by atoms with van der Waals surface area (Å²) in [5.74, 6) is 0.191. The SMILES string of the molecule is CC(=O)c1ccc(-c2ccc(C(=O)O[C@@H](C)c3ccccc3)o2)cc1. The molecule has 0 aliphatic rings. The molecule has 0 radical (unpaired) electrons. The number of ketones is 1. The zero-order chi connectivity index (χ0) is 17.8. The summed E-state index contributed by atoms with van der Waals surface area (Å²) in [6.07, 6.45) is -0.364. The van der Waals surface area contributed by atoms with Gasteiger partial charge in [-0.05, 0) is 31.5 Å². The van der Waals surface area contributed by atoms with E-state index in [2.05, 4.69) is 0 Å². The van der Waals surface area contributed by atoms with Gasteiger partial charge in [0.15, 0.2) is 5.78 Å². The zero-order valence-corrected chi connectivity index (χ0v) is 14.1. The highest BCUT2D eigenvalue weighted by Crippen LogP contribution is 2.25. The number of hydrogen-bond donors (Lipinski definition) is 0. The summed E-state index contributed by atoms with van der Waals surface area (Å²) in [4.78, 5) is 23.6. The van der Waals surface area contributed by atoms with Gasteiger partial charge in [0.1, 0.15) is 11.9 Å². The van der Waals surface area contributed by atoms with Gasteiger partial charge in [-0.1, -0.05) is 54.6 Å². The first-order chi connectivity index (χ1) is 12.0. The first-order valence-corrected chi connectivity index (χ1v) is 8.02. The van der Waals surface area contributed by atoms with Crippen LogP contribution in [0.5, 0.6) is 0 Å². The minimum Gasteiger partial charge on any atom is -0.452 e. The van der Waals surface area contributed by atoms with Gasteiger partial charge in [-0.25, -0.2) is 4.79 Å². The molecule has 4 heteroatoms. The molecule has 1 aromatic heterocycles. The van der Waals surface area contributed by atoms with Crippen LogP contribution in [0, 0.1) is 0 Å². The number of benzene rings is 2. The number of Topliss-reactive ketones (excluding diaryl/α,β-unsaturated/α-hetero) is 1. The van der Waals surface area contributed by atoms with E-state index in [0.29, 0.717) is 11.3 Å².